The van der Waals surface area contributed by atoms with Crippen molar-refractivity contribution >= 4 is 11.4 Å². The van der Waals surface area contributed by atoms with Gasteiger partial charge in [0.15, 0.2) is 5.78 Å². The van der Waals surface area contributed by atoms with Gasteiger partial charge < -0.3 is 4.42 Å². The van der Waals surface area contributed by atoms with Crippen LogP contribution in [0.2, 0.25) is 0 Å². The molecule has 0 amide bonds. The van der Waals surface area contributed by atoms with Crippen molar-refractivity contribution in [3.05, 3.63) is 41.9 Å². The number of carbonyl (C=O) groups excluding carboxylic acids is 1. The Hall–Kier alpha value is -1.57. The van der Waals surface area contributed by atoms with E-state index in [9.17, 15) is 4.79 Å². The van der Waals surface area contributed by atoms with Crippen LogP contribution in [0.3, 0.4) is 0 Å². The number of hydrogen-bond acceptors (Lipinski definition) is 2. The fraction of sp³-hybridized carbons (Fsp3) is 0.400. The molecule has 0 bridgehead atoms. The Bertz CT molecular complexity index is 459. The third-order valence-corrected chi connectivity index (χ3v) is 3.21. The highest BCUT2D eigenvalue weighted by molar-refractivity contribution is 6.01. The van der Waals surface area contributed by atoms with Gasteiger partial charge in [0, 0.05) is 11.5 Å². The van der Waals surface area contributed by atoms with Crippen LogP contribution in [0.5, 0.6) is 0 Å². The lowest BCUT2D eigenvalue weighted by molar-refractivity contribution is -0.117. The minimum absolute atomic E-state index is 0.0116. The lowest BCUT2D eigenvalue weighted by Crippen LogP contribution is -2.17. The van der Waals surface area contributed by atoms with Gasteiger partial charge >= 0.3 is 0 Å². The van der Waals surface area contributed by atoms with E-state index in [1.54, 1.807) is 18.6 Å². The third kappa shape index (κ3) is 2.41. The van der Waals surface area contributed by atoms with E-state index in [-0.39, 0.29) is 11.7 Å². The molecular weight excluding hydrogens is 212 g/mol. The zero-order chi connectivity index (χ0) is 12.4. The highest BCUT2D eigenvalue weighted by atomic mass is 16.3. The predicted octanol–water partition coefficient (Wildman–Crippen LogP) is 3.85. The second kappa shape index (κ2) is 4.74. The monoisotopic (exact) mass is 230 g/mol. The first-order valence-electron chi connectivity index (χ1n) is 6.01. The van der Waals surface area contributed by atoms with Crippen molar-refractivity contribution in [3.8, 4) is 0 Å². The SMILES string of the molecule is CC(C)=CC(=O)[C@@H]1C(c2ccoc2)=CC[C@@H]1C. The van der Waals surface area contributed by atoms with E-state index in [4.69, 9.17) is 4.42 Å². The van der Waals surface area contributed by atoms with Crippen molar-refractivity contribution in [2.75, 3.05) is 0 Å². The number of rotatable bonds is 3. The molecule has 1 aliphatic carbocycles. The average Bonchev–Trinajstić information content (AvgIpc) is 2.84. The van der Waals surface area contributed by atoms with Crippen LogP contribution < -0.4 is 0 Å². The van der Waals surface area contributed by atoms with Crippen molar-refractivity contribution in [1.29, 1.82) is 0 Å². The van der Waals surface area contributed by atoms with Crippen LogP contribution in [0.15, 0.2) is 40.7 Å². The summed E-state index contributed by atoms with van der Waals surface area (Å²) >= 11 is 0. The van der Waals surface area contributed by atoms with Crippen LogP contribution in [0.1, 0.15) is 32.8 Å². The zero-order valence-corrected chi connectivity index (χ0v) is 10.6. The standard InChI is InChI=1S/C15H18O2/c1-10(2)8-14(16)15-11(3)4-5-13(15)12-6-7-17-9-12/h5-9,11,15H,4H2,1-3H3/t11-,15-/m0/s1. The largest absolute Gasteiger partial charge is 0.472 e. The molecule has 0 aromatic carbocycles. The minimum atomic E-state index is -0.0116. The van der Waals surface area contributed by atoms with E-state index in [0.29, 0.717) is 5.92 Å². The summed E-state index contributed by atoms with van der Waals surface area (Å²) in [5.41, 5.74) is 3.21. The van der Waals surface area contributed by atoms with Gasteiger partial charge in [-0.3, -0.25) is 4.79 Å². The van der Waals surface area contributed by atoms with Crippen molar-refractivity contribution in [2.24, 2.45) is 11.8 Å². The maximum Gasteiger partial charge on any atom is 0.163 e. The molecule has 1 heterocycles. The van der Waals surface area contributed by atoms with E-state index < -0.39 is 0 Å². The topological polar surface area (TPSA) is 30.2 Å². The first-order chi connectivity index (χ1) is 8.09. The normalized spacial score (nSPS) is 23.4. The van der Waals surface area contributed by atoms with Crippen LogP contribution in [0, 0.1) is 11.8 Å². The van der Waals surface area contributed by atoms with Gasteiger partial charge in [-0.15, -0.1) is 0 Å². The first-order valence-corrected chi connectivity index (χ1v) is 6.01. The van der Waals surface area contributed by atoms with Crippen molar-refractivity contribution in [1.82, 2.24) is 0 Å². The number of allylic oxidation sites excluding steroid dienone is 4. The van der Waals surface area contributed by atoms with Crippen LogP contribution in [-0.4, -0.2) is 5.78 Å². The minimum Gasteiger partial charge on any atom is -0.472 e. The van der Waals surface area contributed by atoms with Gasteiger partial charge in [0.1, 0.15) is 0 Å². The summed E-state index contributed by atoms with van der Waals surface area (Å²) in [5.74, 6) is 0.577. The molecule has 0 radical (unpaired) electrons. The maximum absolute atomic E-state index is 12.2. The van der Waals surface area contributed by atoms with E-state index in [0.717, 1.165) is 23.1 Å². The second-order valence-electron chi connectivity index (χ2n) is 4.99. The molecule has 0 unspecified atom stereocenters. The molecule has 1 aromatic rings. The highest BCUT2D eigenvalue weighted by Crippen LogP contribution is 2.39. The lowest BCUT2D eigenvalue weighted by Gasteiger charge is -2.16. The number of ketones is 1. The Morgan fingerprint density at radius 1 is 1.47 bits per heavy atom. The van der Waals surface area contributed by atoms with Gasteiger partial charge in [-0.1, -0.05) is 18.6 Å². The first kappa shape index (κ1) is 11.9. The Kier molecular flexibility index (Phi) is 3.32. The predicted molar refractivity (Wildman–Crippen MR) is 68.4 cm³/mol. The summed E-state index contributed by atoms with van der Waals surface area (Å²) in [6.45, 7) is 6.04. The van der Waals surface area contributed by atoms with Crippen molar-refractivity contribution < 1.29 is 9.21 Å². The van der Waals surface area contributed by atoms with Crippen molar-refractivity contribution in [2.45, 2.75) is 27.2 Å². The Morgan fingerprint density at radius 3 is 2.82 bits per heavy atom. The number of carbonyl (C=O) groups is 1. The summed E-state index contributed by atoms with van der Waals surface area (Å²) in [4.78, 5) is 12.2. The molecule has 2 atom stereocenters. The summed E-state index contributed by atoms with van der Waals surface area (Å²) < 4.78 is 5.10. The molecule has 0 saturated heterocycles. The Labute approximate surface area is 102 Å². The Morgan fingerprint density at radius 2 is 2.24 bits per heavy atom. The second-order valence-corrected chi connectivity index (χ2v) is 4.99. The zero-order valence-electron chi connectivity index (χ0n) is 10.6. The average molecular weight is 230 g/mol. The molecule has 90 valence electrons. The van der Waals surface area contributed by atoms with Crippen LogP contribution in [-0.2, 0) is 4.79 Å². The fourth-order valence-corrected chi connectivity index (χ4v) is 2.42. The third-order valence-electron chi connectivity index (χ3n) is 3.21. The molecule has 0 fully saturated rings. The van der Waals surface area contributed by atoms with Gasteiger partial charge in [-0.2, -0.15) is 0 Å². The molecule has 0 saturated carbocycles. The molecule has 2 rings (SSSR count). The highest BCUT2D eigenvalue weighted by Gasteiger charge is 2.32. The molecule has 2 heteroatoms. The fourth-order valence-electron chi connectivity index (χ4n) is 2.42. The van der Waals surface area contributed by atoms with Crippen LogP contribution in [0.4, 0.5) is 0 Å². The number of hydrogen-bond donors (Lipinski definition) is 0. The summed E-state index contributed by atoms with van der Waals surface area (Å²) in [6.07, 6.45) is 8.25. The molecular formula is C15H18O2. The summed E-state index contributed by atoms with van der Waals surface area (Å²) in [7, 11) is 0. The van der Waals surface area contributed by atoms with Crippen LogP contribution >= 0.6 is 0 Å². The molecule has 17 heavy (non-hydrogen) atoms. The van der Waals surface area contributed by atoms with Gasteiger partial charge in [0.25, 0.3) is 0 Å². The van der Waals surface area contributed by atoms with E-state index in [1.807, 2.05) is 19.9 Å². The quantitative estimate of drug-likeness (QED) is 0.738. The van der Waals surface area contributed by atoms with Gasteiger partial charge in [0.2, 0.25) is 0 Å². The summed E-state index contributed by atoms with van der Waals surface area (Å²) in [6, 6.07) is 1.92. The molecule has 0 spiro atoms. The number of furan rings is 1. The molecule has 0 N–H and O–H groups in total. The van der Waals surface area contributed by atoms with E-state index >= 15 is 0 Å². The molecule has 1 aliphatic rings. The van der Waals surface area contributed by atoms with Gasteiger partial charge in [-0.25, -0.2) is 0 Å². The van der Waals surface area contributed by atoms with E-state index in [1.165, 1.54) is 0 Å². The molecule has 1 aromatic heterocycles. The molecule has 0 aliphatic heterocycles. The smallest absolute Gasteiger partial charge is 0.163 e. The van der Waals surface area contributed by atoms with Gasteiger partial charge in [-0.05, 0) is 43.9 Å². The van der Waals surface area contributed by atoms with Gasteiger partial charge in [0.05, 0.1) is 12.5 Å². The van der Waals surface area contributed by atoms with Crippen molar-refractivity contribution in [3.63, 3.8) is 0 Å². The maximum atomic E-state index is 12.2. The Balaban J connectivity index is 2.28. The lowest BCUT2D eigenvalue weighted by atomic mass is 9.85. The van der Waals surface area contributed by atoms with E-state index in [2.05, 4.69) is 13.0 Å². The molecule has 2 nitrogen and oxygen atoms in total. The summed E-state index contributed by atoms with van der Waals surface area (Å²) in [5, 5.41) is 0. The van der Waals surface area contributed by atoms with Crippen LogP contribution in [0.25, 0.3) is 5.57 Å².